The fraction of sp³-hybridized carbons (Fsp3) is 0.333. The first-order valence-corrected chi connectivity index (χ1v) is 14.5. The molecule has 3 aliphatic rings. The van der Waals surface area contributed by atoms with Crippen LogP contribution in [0, 0.1) is 24.4 Å². The van der Waals surface area contributed by atoms with E-state index in [9.17, 15) is 9.90 Å². The minimum Gasteiger partial charge on any atom is -0.489 e. The lowest BCUT2D eigenvalue weighted by Gasteiger charge is -2.52. The molecule has 0 aliphatic carbocycles. The normalized spacial score (nSPS) is 21.1. The minimum absolute atomic E-state index is 0.123. The van der Waals surface area contributed by atoms with E-state index < -0.39 is 34.8 Å². The van der Waals surface area contributed by atoms with Gasteiger partial charge >= 0.3 is 0 Å². The Bertz CT molecular complexity index is 1700. The molecular formula is C33H34F3N5O3. The number of anilines is 3. The molecule has 0 spiro atoms. The summed E-state index contributed by atoms with van der Waals surface area (Å²) in [6.45, 7) is 11.9. The smallest absolute Gasteiger partial charge is 0.246 e. The van der Waals surface area contributed by atoms with Crippen molar-refractivity contribution in [1.29, 1.82) is 0 Å². The zero-order chi connectivity index (χ0) is 31.6. The van der Waals surface area contributed by atoms with Crippen LogP contribution in [0.15, 0.2) is 54.9 Å². The Hall–Kier alpha value is -4.51. The summed E-state index contributed by atoms with van der Waals surface area (Å²) >= 11 is 0. The third-order valence-electron chi connectivity index (χ3n) is 8.66. The molecule has 3 aromatic rings. The molecule has 8 nitrogen and oxygen atoms in total. The van der Waals surface area contributed by atoms with Crippen LogP contribution >= 0.6 is 0 Å². The number of aromatic nitrogens is 1. The van der Waals surface area contributed by atoms with Crippen molar-refractivity contribution in [3.63, 3.8) is 0 Å². The van der Waals surface area contributed by atoms with Gasteiger partial charge in [0.15, 0.2) is 17.8 Å². The molecular weight excluding hydrogens is 571 g/mol. The molecule has 0 radical (unpaired) electrons. The van der Waals surface area contributed by atoms with E-state index in [1.165, 1.54) is 23.1 Å². The quantitative estimate of drug-likeness (QED) is 0.302. The topological polar surface area (TPSA) is 95.2 Å². The van der Waals surface area contributed by atoms with Crippen molar-refractivity contribution in [3.05, 3.63) is 89.2 Å². The van der Waals surface area contributed by atoms with Crippen molar-refractivity contribution >= 4 is 28.7 Å². The van der Waals surface area contributed by atoms with Crippen LogP contribution in [0.4, 0.5) is 30.2 Å². The molecule has 2 aromatic carbocycles. The number of pyridine rings is 1. The highest BCUT2D eigenvalue weighted by Crippen LogP contribution is 2.52. The average Bonchev–Trinajstić information content (AvgIpc) is 2.98. The van der Waals surface area contributed by atoms with Gasteiger partial charge in [-0.05, 0) is 55.7 Å². The van der Waals surface area contributed by atoms with Crippen LogP contribution in [0.3, 0.4) is 0 Å². The number of nitrogen functional groups attached to an aromatic ring is 1. The third kappa shape index (κ3) is 4.40. The maximum atomic E-state index is 17.1. The van der Waals surface area contributed by atoms with Gasteiger partial charge in [-0.2, -0.15) is 0 Å². The summed E-state index contributed by atoms with van der Waals surface area (Å²) in [4.78, 5) is 22.1. The molecule has 3 aliphatic heterocycles. The minimum atomic E-state index is -1.53. The number of halogens is 3. The van der Waals surface area contributed by atoms with Crippen molar-refractivity contribution in [1.82, 2.24) is 14.8 Å². The summed E-state index contributed by atoms with van der Waals surface area (Å²) in [6, 6.07) is 6.07. The zero-order valence-electron chi connectivity index (χ0n) is 24.9. The molecule has 1 amide bonds. The summed E-state index contributed by atoms with van der Waals surface area (Å²) < 4.78 is 54.6. The summed E-state index contributed by atoms with van der Waals surface area (Å²) in [5.74, 6) is -3.23. The molecule has 0 bridgehead atoms. The van der Waals surface area contributed by atoms with Crippen molar-refractivity contribution in [3.8, 4) is 11.1 Å². The Labute approximate surface area is 253 Å². The molecule has 3 atom stereocenters. The van der Waals surface area contributed by atoms with Crippen LogP contribution in [0.1, 0.15) is 43.5 Å². The Morgan fingerprint density at radius 1 is 1.16 bits per heavy atom. The van der Waals surface area contributed by atoms with Gasteiger partial charge in [0.05, 0.1) is 34.4 Å². The summed E-state index contributed by atoms with van der Waals surface area (Å²) in [7, 11) is 0. The second-order valence-corrected chi connectivity index (χ2v) is 11.8. The maximum Gasteiger partial charge on any atom is 0.246 e. The molecule has 4 heterocycles. The fourth-order valence-electron chi connectivity index (χ4n) is 6.60. The fourth-order valence-corrected chi connectivity index (χ4v) is 6.60. The first-order chi connectivity index (χ1) is 21.0. The summed E-state index contributed by atoms with van der Waals surface area (Å²) in [6.07, 6.45) is 1.35. The van der Waals surface area contributed by atoms with Gasteiger partial charge in [0.1, 0.15) is 18.2 Å². The molecule has 230 valence electrons. The summed E-state index contributed by atoms with van der Waals surface area (Å²) in [5, 5.41) is 12.0. The molecule has 11 heteroatoms. The maximum absolute atomic E-state index is 17.1. The monoisotopic (exact) mass is 605 g/mol. The van der Waals surface area contributed by atoms with E-state index in [2.05, 4.69) is 11.6 Å². The number of nitrogens with zero attached hydrogens (tertiary/aromatic N) is 4. The first kappa shape index (κ1) is 29.6. The van der Waals surface area contributed by atoms with E-state index in [1.807, 2.05) is 32.6 Å². The number of hydrogen-bond donors (Lipinski definition) is 2. The number of amides is 1. The Morgan fingerprint density at radius 2 is 1.91 bits per heavy atom. The van der Waals surface area contributed by atoms with Gasteiger partial charge in [-0.1, -0.05) is 26.5 Å². The van der Waals surface area contributed by atoms with Crippen LogP contribution in [-0.2, 0) is 9.53 Å². The van der Waals surface area contributed by atoms with E-state index in [-0.39, 0.29) is 59.8 Å². The zero-order valence-corrected chi connectivity index (χ0v) is 24.9. The molecule has 1 saturated heterocycles. The van der Waals surface area contributed by atoms with Gasteiger partial charge in [0.2, 0.25) is 5.91 Å². The van der Waals surface area contributed by atoms with Crippen LogP contribution < -0.4 is 10.6 Å². The molecule has 3 unspecified atom stereocenters. The number of rotatable bonds is 4. The standard InChI is InChI=1S/C33H34F3N5O3/c1-6-24(42)39-14-19-15-44-32-31(40(19)13-18(39)5)20-12-22(35)26(25-21(34)8-7-9-23(25)37)27(36)30(20)41(33(32)43)29-17(4)10-11-38-28(29)16(2)3/h6-12,16,18-19,33,43H,1,13-15,37H2,2-5H3. The van der Waals surface area contributed by atoms with E-state index in [0.29, 0.717) is 29.2 Å². The number of aliphatic hydroxyl groups is 1. The lowest BCUT2D eigenvalue weighted by molar-refractivity contribution is -0.132. The van der Waals surface area contributed by atoms with Gasteiger partial charge in [0, 0.05) is 42.1 Å². The van der Waals surface area contributed by atoms with E-state index in [0.717, 1.165) is 12.1 Å². The highest BCUT2D eigenvalue weighted by Gasteiger charge is 2.47. The number of aryl methyl sites for hydroxylation is 1. The van der Waals surface area contributed by atoms with Crippen LogP contribution in [0.5, 0.6) is 0 Å². The van der Waals surface area contributed by atoms with E-state index >= 15 is 13.2 Å². The number of ether oxygens (including phenoxy) is 1. The number of nitrogens with two attached hydrogens (primary N) is 1. The first-order valence-electron chi connectivity index (χ1n) is 14.5. The molecule has 1 aromatic heterocycles. The average molecular weight is 606 g/mol. The highest BCUT2D eigenvalue weighted by atomic mass is 19.1. The Balaban J connectivity index is 1.64. The van der Waals surface area contributed by atoms with E-state index in [4.69, 9.17) is 10.5 Å². The Kier molecular flexibility index (Phi) is 7.31. The van der Waals surface area contributed by atoms with Gasteiger partial charge in [-0.3, -0.25) is 9.78 Å². The van der Waals surface area contributed by atoms with Gasteiger partial charge < -0.3 is 30.3 Å². The molecule has 1 fully saturated rings. The van der Waals surface area contributed by atoms with Gasteiger partial charge in [0.25, 0.3) is 0 Å². The van der Waals surface area contributed by atoms with Gasteiger partial charge in [-0.15, -0.1) is 0 Å². The van der Waals surface area contributed by atoms with Crippen LogP contribution in [0.2, 0.25) is 0 Å². The number of hydrogen-bond acceptors (Lipinski definition) is 7. The number of fused-ring (bicyclic) bond motifs is 4. The molecule has 44 heavy (non-hydrogen) atoms. The number of benzene rings is 2. The van der Waals surface area contributed by atoms with Crippen LogP contribution in [-0.4, -0.2) is 63.8 Å². The number of carbonyl (C=O) groups is 1. The lowest BCUT2D eigenvalue weighted by atomic mass is 9.90. The predicted molar refractivity (Wildman–Crippen MR) is 162 cm³/mol. The largest absolute Gasteiger partial charge is 0.489 e. The lowest BCUT2D eigenvalue weighted by Crippen LogP contribution is -2.61. The van der Waals surface area contributed by atoms with Crippen LogP contribution in [0.25, 0.3) is 16.8 Å². The van der Waals surface area contributed by atoms with Crippen molar-refractivity contribution < 1.29 is 27.8 Å². The number of piperazine rings is 1. The second-order valence-electron chi connectivity index (χ2n) is 11.8. The van der Waals surface area contributed by atoms with Crippen molar-refractivity contribution in [2.75, 3.05) is 30.3 Å². The number of carbonyl (C=O) groups excluding carboxylic acids is 1. The molecule has 0 saturated carbocycles. The number of aliphatic hydroxyl groups excluding tert-OH is 1. The van der Waals surface area contributed by atoms with Gasteiger partial charge in [-0.25, -0.2) is 13.2 Å². The highest BCUT2D eigenvalue weighted by molar-refractivity contribution is 5.92. The summed E-state index contributed by atoms with van der Waals surface area (Å²) in [5.41, 5.74) is 6.85. The third-order valence-corrected chi connectivity index (χ3v) is 8.66. The van der Waals surface area contributed by atoms with Crippen molar-refractivity contribution in [2.45, 2.75) is 51.9 Å². The van der Waals surface area contributed by atoms with Crippen molar-refractivity contribution in [2.24, 2.45) is 0 Å². The molecule has 3 N–H and O–H groups in total. The second kappa shape index (κ2) is 10.9. The SMILES string of the molecule is C=CC(=O)N1CC2COC3=C(c4cc(F)c(-c5c(N)cccc5F)c(F)c4N(c4c(C)ccnc4C(C)C)C3O)N2CC1C. The predicted octanol–water partition coefficient (Wildman–Crippen LogP) is 5.44. The molecule has 6 rings (SSSR count). The Morgan fingerprint density at radius 3 is 2.59 bits per heavy atom. The van der Waals surface area contributed by atoms with E-state index in [1.54, 1.807) is 17.2 Å².